The fraction of sp³-hybridized carbons (Fsp3) is 0.397. The van der Waals surface area contributed by atoms with Crippen LogP contribution in [0.4, 0.5) is 37.7 Å². The van der Waals surface area contributed by atoms with Crippen molar-refractivity contribution in [1.82, 2.24) is 24.9 Å². The molecule has 4 unspecified atom stereocenters. The minimum absolute atomic E-state index is 0.0152. The van der Waals surface area contributed by atoms with Crippen LogP contribution in [0.3, 0.4) is 0 Å². The Labute approximate surface area is 573 Å². The van der Waals surface area contributed by atoms with Crippen molar-refractivity contribution >= 4 is 114 Å². The number of carboxylic acid groups (broad SMARTS) is 4. The Kier molecular flexibility index (Phi) is 23.2. The number of aliphatic carboxylic acids is 4. The van der Waals surface area contributed by atoms with Gasteiger partial charge in [0.2, 0.25) is 5.91 Å². The highest BCUT2D eigenvalue weighted by molar-refractivity contribution is 7.93. The predicted octanol–water partition coefficient (Wildman–Crippen LogP) is 10.7. The van der Waals surface area contributed by atoms with Crippen molar-refractivity contribution in [2.24, 2.45) is 0 Å². The zero-order valence-electron chi connectivity index (χ0n) is 52.0. The predicted molar refractivity (Wildman–Crippen MR) is 346 cm³/mol. The third-order valence-corrected chi connectivity index (χ3v) is 21.6. The Bertz CT molecular complexity index is 4130. The molecule has 0 spiro atoms. The fourth-order valence-electron chi connectivity index (χ4n) is 13.4. The maximum absolute atomic E-state index is 13.9. The van der Waals surface area contributed by atoms with Gasteiger partial charge in [0, 0.05) is 105 Å². The molecule has 3 fully saturated rings. The maximum Gasteiger partial charge on any atom is 0.516 e. The average molecular weight is 1480 g/mol. The first kappa shape index (κ1) is 75.2. The van der Waals surface area contributed by atoms with E-state index in [1.165, 1.54) is 109 Å². The Hall–Kier alpha value is -7.58. The number of hydrogen-bond donors (Lipinski definition) is 7. The van der Waals surface area contributed by atoms with E-state index in [4.69, 9.17) is 51.1 Å². The van der Waals surface area contributed by atoms with Crippen molar-refractivity contribution in [1.29, 1.82) is 0 Å². The van der Waals surface area contributed by atoms with Gasteiger partial charge in [0.1, 0.15) is 0 Å². The molecule has 22 nitrogen and oxygen atoms in total. The molecule has 5 aliphatic rings. The van der Waals surface area contributed by atoms with E-state index in [0.29, 0.717) is 44.3 Å². The van der Waals surface area contributed by atoms with E-state index in [2.05, 4.69) is 22.2 Å². The molecular formula is C63H65Cl4F6N7O15S2. The molecule has 0 saturated carbocycles. The Morgan fingerprint density at radius 2 is 1.03 bits per heavy atom. The lowest BCUT2D eigenvalue weighted by Crippen LogP contribution is -2.56. The molecule has 3 saturated heterocycles. The van der Waals surface area contributed by atoms with Gasteiger partial charge in [0.25, 0.3) is 0 Å². The summed E-state index contributed by atoms with van der Waals surface area (Å²) >= 11 is 26.0. The molecule has 0 radical (unpaired) electrons. The average Bonchev–Trinajstić information content (AvgIpc) is 1.10. The molecule has 4 aromatic carbocycles. The van der Waals surface area contributed by atoms with Crippen LogP contribution in [0.5, 0.6) is 0 Å². The Morgan fingerprint density at radius 1 is 0.588 bits per heavy atom. The number of esters is 1. The highest BCUT2D eigenvalue weighted by Gasteiger charge is 2.53. The van der Waals surface area contributed by atoms with Crippen molar-refractivity contribution in [2.75, 3.05) is 56.8 Å². The number of alkyl halides is 6. The number of aryl methyl sites for hydroxylation is 2. The maximum atomic E-state index is 13.9. The number of sulfonamides is 2. The number of dihydropyridines is 1. The molecule has 4 aromatic rings. The van der Waals surface area contributed by atoms with Gasteiger partial charge in [-0.25, -0.2) is 19.2 Å². The molecule has 2 bridgehead atoms. The van der Waals surface area contributed by atoms with E-state index in [9.17, 15) is 92.4 Å². The minimum Gasteiger partial charge on any atom is -0.478 e. The number of nitrogens with one attached hydrogen (secondary N) is 3. The number of nitrogens with zero attached hydrogens (tertiary/aromatic N) is 4. The van der Waals surface area contributed by atoms with Crippen LogP contribution >= 0.6 is 46.4 Å². The number of amides is 1. The largest absolute Gasteiger partial charge is 0.516 e. The van der Waals surface area contributed by atoms with Crippen LogP contribution in [0.2, 0.25) is 20.1 Å². The number of piperidine rings is 1. The van der Waals surface area contributed by atoms with E-state index in [0.717, 1.165) is 32.1 Å². The summed E-state index contributed by atoms with van der Waals surface area (Å²) in [5, 5.41) is 44.8. The SMILES string of the molecule is CN1C2CCC1CC(N1CCN(C(=O)CC3=C(C(=O)O)C(c4c(Cl)cccc4Cl)C(C(=O)O)=C(CCc4ccccc4NS(=O)(=O)C(F)(F)F)N3)CC1)C2.COC(=O)CC1=C(C(=O)O)C(C)(c2c(Cl)cccc2Cl)C(C(=O)O)=C(CCc2ccccc2NS(=O)(=O)C(F)(F)F)N1C. The van der Waals surface area contributed by atoms with Crippen molar-refractivity contribution in [3.8, 4) is 0 Å². The van der Waals surface area contributed by atoms with Crippen molar-refractivity contribution < 1.29 is 97.1 Å². The highest BCUT2D eigenvalue weighted by atomic mass is 35.5. The summed E-state index contributed by atoms with van der Waals surface area (Å²) in [6, 6.07) is 20.6. The van der Waals surface area contributed by atoms with E-state index in [-0.39, 0.29) is 102 Å². The smallest absolute Gasteiger partial charge is 0.478 e. The second-order valence-electron chi connectivity index (χ2n) is 23.6. The zero-order valence-corrected chi connectivity index (χ0v) is 56.6. The van der Waals surface area contributed by atoms with Crippen LogP contribution in [0, 0.1) is 0 Å². The number of para-hydroxylation sites is 2. The first-order chi connectivity index (χ1) is 45.3. The van der Waals surface area contributed by atoms with E-state index in [1.54, 1.807) is 9.62 Å². The van der Waals surface area contributed by atoms with Gasteiger partial charge in [0.05, 0.1) is 65.0 Å². The molecular weight excluding hydrogens is 1410 g/mol. The van der Waals surface area contributed by atoms with Crippen LogP contribution in [-0.4, -0.2) is 169 Å². The fourth-order valence-corrected chi connectivity index (χ4v) is 16.0. The van der Waals surface area contributed by atoms with Crippen LogP contribution in [0.1, 0.15) is 86.5 Å². The van der Waals surface area contributed by atoms with Crippen molar-refractivity contribution in [3.05, 3.63) is 172 Å². The lowest BCUT2D eigenvalue weighted by atomic mass is 9.66. The van der Waals surface area contributed by atoms with Crippen LogP contribution < -0.4 is 14.8 Å². The van der Waals surface area contributed by atoms with Gasteiger partial charge < -0.3 is 45.2 Å². The van der Waals surface area contributed by atoms with Gasteiger partial charge >= 0.3 is 60.9 Å². The number of carbonyl (C=O) groups is 6. The van der Waals surface area contributed by atoms with Gasteiger partial charge in [-0.1, -0.05) is 94.9 Å². The monoisotopic (exact) mass is 1480 g/mol. The van der Waals surface area contributed by atoms with Crippen LogP contribution in [0.25, 0.3) is 0 Å². The number of carboxylic acids is 4. The summed E-state index contributed by atoms with van der Waals surface area (Å²) in [5.74, 6) is -8.98. The number of halogens is 10. The molecule has 7 N–H and O–H groups in total. The standard InChI is InChI=1S/C36H40Cl2F3N5O7S.C27H25Cl2F3N2O8S/c1-44-21-10-11-22(44)18-23(17-21)45-13-15-46(16-14-45)29(47)19-28-32(35(50)51)33(30-24(37)6-4-7-25(30)38)31(34(48)49)27(42-28)12-9-20-5-2-3-8-26(20)43-54(52,53)36(39,40)41;1-26(21-15(28)8-6-9-16(21)29)22(24(36)37)18(34(2)19(13-20(35)42-3)23(26)25(38)39)12-11-14-7-4-5-10-17(14)33-43(40,41)27(30,31)32/h2-8,21-23,33,42-43H,9-19H2,1H3,(H,48,49)(H,50,51);4-10,33H,11-13H2,1-3H3,(H,36,37)(H,38,39). The summed E-state index contributed by atoms with van der Waals surface area (Å²) in [5.41, 5.74) is -16.2. The van der Waals surface area contributed by atoms with E-state index in [1.807, 2.05) is 0 Å². The Morgan fingerprint density at radius 3 is 1.48 bits per heavy atom. The molecule has 0 aliphatic carbocycles. The van der Waals surface area contributed by atoms with Gasteiger partial charge in [-0.3, -0.25) is 23.9 Å². The molecule has 0 aromatic heterocycles. The number of methoxy groups -OCH3 is 1. The number of benzene rings is 4. The topological polar surface area (TPSA) is 310 Å². The number of hydrogen-bond acceptors (Lipinski definition) is 15. The number of carbonyl (C=O) groups excluding carboxylic acids is 2. The number of fused-ring (bicyclic) bond motifs is 2. The number of anilines is 2. The normalized spacial score (nSPS) is 21.2. The van der Waals surface area contributed by atoms with Crippen molar-refractivity contribution in [2.45, 2.75) is 112 Å². The van der Waals surface area contributed by atoms with E-state index < -0.39 is 113 Å². The quantitative estimate of drug-likeness (QED) is 0.0301. The summed E-state index contributed by atoms with van der Waals surface area (Å²) in [6.07, 6.45) is 2.57. The van der Waals surface area contributed by atoms with Crippen molar-refractivity contribution in [3.63, 3.8) is 0 Å². The molecule has 5 aliphatic heterocycles. The summed E-state index contributed by atoms with van der Waals surface area (Å²) in [6.45, 7) is 3.43. The first-order valence-electron chi connectivity index (χ1n) is 29.7. The van der Waals surface area contributed by atoms with Gasteiger partial charge in [0.15, 0.2) is 0 Å². The molecule has 524 valence electrons. The third kappa shape index (κ3) is 16.0. The van der Waals surface area contributed by atoms with Gasteiger partial charge in [-0.2, -0.15) is 43.2 Å². The summed E-state index contributed by atoms with van der Waals surface area (Å²) in [7, 11) is -6.97. The number of ether oxygens (including phenoxy) is 1. The number of allylic oxidation sites excluding steroid dienone is 2. The lowest BCUT2D eigenvalue weighted by molar-refractivity contribution is -0.140. The summed E-state index contributed by atoms with van der Waals surface area (Å²) < 4.78 is 134. The molecule has 34 heteroatoms. The lowest BCUT2D eigenvalue weighted by Gasteiger charge is -2.45. The minimum atomic E-state index is -5.78. The second-order valence-corrected chi connectivity index (χ2v) is 28.5. The summed E-state index contributed by atoms with van der Waals surface area (Å²) in [4.78, 5) is 85.9. The zero-order chi connectivity index (χ0) is 71.6. The Balaban J connectivity index is 0.000000255. The molecule has 1 amide bonds. The second kappa shape index (κ2) is 29.9. The first-order valence-corrected chi connectivity index (χ1v) is 34.2. The van der Waals surface area contributed by atoms with Gasteiger partial charge in [-0.15, -0.1) is 0 Å². The van der Waals surface area contributed by atoms with Crippen LogP contribution in [0.15, 0.2) is 130 Å². The number of piperazine rings is 1. The van der Waals surface area contributed by atoms with E-state index >= 15 is 0 Å². The molecule has 5 heterocycles. The van der Waals surface area contributed by atoms with Crippen LogP contribution in [-0.2, 0) is 71.8 Å². The molecule has 4 atom stereocenters. The van der Waals surface area contributed by atoms with Gasteiger partial charge in [-0.05, 0) is 113 Å². The number of rotatable bonds is 21. The molecule has 9 rings (SSSR count). The highest BCUT2D eigenvalue weighted by Crippen LogP contribution is 2.53. The molecule has 97 heavy (non-hydrogen) atoms. The third-order valence-electron chi connectivity index (χ3n) is 18.1.